The van der Waals surface area contributed by atoms with Gasteiger partial charge in [0, 0.05) is 35.0 Å². The summed E-state index contributed by atoms with van der Waals surface area (Å²) < 4.78 is 35.1. The molecule has 1 aliphatic rings. The minimum Gasteiger partial charge on any atom is -0.378 e. The third-order valence-corrected chi connectivity index (χ3v) is 4.77. The lowest BCUT2D eigenvalue weighted by atomic mass is 10.0. The summed E-state index contributed by atoms with van der Waals surface area (Å²) in [6.07, 6.45) is 1.34. The molecule has 1 aromatic carbocycles. The van der Waals surface area contributed by atoms with E-state index in [9.17, 15) is 8.78 Å². The van der Waals surface area contributed by atoms with Crippen LogP contribution in [0.15, 0.2) is 30.3 Å². The molecule has 0 aliphatic carbocycles. The molecule has 0 amide bonds. The van der Waals surface area contributed by atoms with Crippen LogP contribution in [-0.2, 0) is 17.6 Å². The van der Waals surface area contributed by atoms with Crippen molar-refractivity contribution in [1.82, 2.24) is 14.8 Å². The second kappa shape index (κ2) is 6.85. The van der Waals surface area contributed by atoms with Gasteiger partial charge in [-0.15, -0.1) is 0 Å². The largest absolute Gasteiger partial charge is 0.378 e. The van der Waals surface area contributed by atoms with Crippen LogP contribution in [0, 0.1) is 25.5 Å². The first-order valence-corrected chi connectivity index (χ1v) is 9.05. The average molecular weight is 369 g/mol. The van der Waals surface area contributed by atoms with Crippen molar-refractivity contribution in [2.75, 3.05) is 6.61 Å². The molecule has 1 aliphatic heterocycles. The summed E-state index contributed by atoms with van der Waals surface area (Å²) in [6.45, 7) is 6.48. The Balaban J connectivity index is 1.95. The summed E-state index contributed by atoms with van der Waals surface area (Å²) in [5, 5.41) is 4.77. The van der Waals surface area contributed by atoms with Crippen molar-refractivity contribution in [2.45, 2.75) is 39.7 Å². The van der Waals surface area contributed by atoms with E-state index in [1.165, 1.54) is 12.1 Å². The Bertz CT molecular complexity index is 972. The van der Waals surface area contributed by atoms with E-state index in [1.54, 1.807) is 4.68 Å². The highest BCUT2D eigenvalue weighted by molar-refractivity contribution is 5.66. The maximum absolute atomic E-state index is 13.8. The van der Waals surface area contributed by atoms with Crippen molar-refractivity contribution in [3.8, 4) is 16.9 Å². The molecular formula is C21H21F2N3O. The number of halogens is 2. The zero-order chi connectivity index (χ0) is 19.1. The zero-order valence-corrected chi connectivity index (χ0v) is 15.6. The predicted molar refractivity (Wildman–Crippen MR) is 99.0 cm³/mol. The molecular weight excluding hydrogens is 348 g/mol. The van der Waals surface area contributed by atoms with Crippen LogP contribution in [0.4, 0.5) is 8.78 Å². The van der Waals surface area contributed by atoms with Crippen LogP contribution >= 0.6 is 0 Å². The first-order valence-electron chi connectivity index (χ1n) is 9.05. The molecule has 4 rings (SSSR count). The van der Waals surface area contributed by atoms with Gasteiger partial charge in [0.15, 0.2) is 0 Å². The van der Waals surface area contributed by atoms with E-state index in [0.29, 0.717) is 25.1 Å². The van der Waals surface area contributed by atoms with Gasteiger partial charge in [-0.2, -0.15) is 5.10 Å². The molecule has 0 radical (unpaired) electrons. The van der Waals surface area contributed by atoms with Gasteiger partial charge in [0.25, 0.3) is 0 Å². The molecule has 0 unspecified atom stereocenters. The summed E-state index contributed by atoms with van der Waals surface area (Å²) in [5.41, 5.74) is 5.97. The van der Waals surface area contributed by atoms with E-state index < -0.39 is 11.6 Å². The van der Waals surface area contributed by atoms with E-state index in [4.69, 9.17) is 9.84 Å². The molecule has 0 N–H and O–H groups in total. The molecule has 0 saturated carbocycles. The highest BCUT2D eigenvalue weighted by Gasteiger charge is 2.25. The molecule has 0 fully saturated rings. The fourth-order valence-electron chi connectivity index (χ4n) is 3.73. The minimum atomic E-state index is -0.621. The Kier molecular flexibility index (Phi) is 4.52. The van der Waals surface area contributed by atoms with Crippen molar-refractivity contribution in [2.24, 2.45) is 0 Å². The Labute approximate surface area is 156 Å². The summed E-state index contributed by atoms with van der Waals surface area (Å²) in [5.74, 6) is -1.24. The predicted octanol–water partition coefficient (Wildman–Crippen LogP) is 4.33. The van der Waals surface area contributed by atoms with Gasteiger partial charge in [0.2, 0.25) is 0 Å². The molecule has 0 bridgehead atoms. The van der Waals surface area contributed by atoms with Gasteiger partial charge in [-0.1, -0.05) is 0 Å². The summed E-state index contributed by atoms with van der Waals surface area (Å²) >= 11 is 0. The van der Waals surface area contributed by atoms with Crippen LogP contribution in [-0.4, -0.2) is 27.5 Å². The Morgan fingerprint density at radius 1 is 1.04 bits per heavy atom. The Morgan fingerprint density at radius 3 is 2.37 bits per heavy atom. The quantitative estimate of drug-likeness (QED) is 0.675. The standard InChI is InChI=1S/C21H21F2N3O/c1-12-6-15(7-13(2)24-12)21-19-4-5-27-14(3)8-20(19)26(25-21)18-10-16(22)9-17(23)11-18/h6-7,9-11,14H,4-5,8H2,1-3H3/t14-/m1/s1. The highest BCUT2D eigenvalue weighted by atomic mass is 19.1. The van der Waals surface area contributed by atoms with Crippen molar-refractivity contribution in [1.29, 1.82) is 0 Å². The van der Waals surface area contributed by atoms with Gasteiger partial charge >= 0.3 is 0 Å². The zero-order valence-electron chi connectivity index (χ0n) is 15.6. The number of hydrogen-bond donors (Lipinski definition) is 0. The number of aromatic nitrogens is 3. The number of ether oxygens (including phenoxy) is 1. The van der Waals surface area contributed by atoms with Crippen molar-refractivity contribution < 1.29 is 13.5 Å². The maximum atomic E-state index is 13.8. The van der Waals surface area contributed by atoms with Crippen LogP contribution in [0.2, 0.25) is 0 Å². The Morgan fingerprint density at radius 2 is 1.70 bits per heavy atom. The maximum Gasteiger partial charge on any atom is 0.128 e. The van der Waals surface area contributed by atoms with Crippen molar-refractivity contribution in [3.05, 3.63) is 64.6 Å². The third-order valence-electron chi connectivity index (χ3n) is 4.77. The lowest BCUT2D eigenvalue weighted by molar-refractivity contribution is 0.0735. The molecule has 0 spiro atoms. The third kappa shape index (κ3) is 3.49. The molecule has 4 nitrogen and oxygen atoms in total. The van der Waals surface area contributed by atoms with Gasteiger partial charge in [-0.25, -0.2) is 13.5 Å². The first-order chi connectivity index (χ1) is 12.9. The fourth-order valence-corrected chi connectivity index (χ4v) is 3.73. The number of fused-ring (bicyclic) bond motifs is 1. The molecule has 0 saturated heterocycles. The second-order valence-corrected chi connectivity index (χ2v) is 7.09. The highest BCUT2D eigenvalue weighted by Crippen LogP contribution is 2.32. The summed E-state index contributed by atoms with van der Waals surface area (Å²) in [4.78, 5) is 4.43. The van der Waals surface area contributed by atoms with E-state index in [0.717, 1.165) is 40.0 Å². The van der Waals surface area contributed by atoms with Gasteiger partial charge < -0.3 is 4.74 Å². The van der Waals surface area contributed by atoms with Gasteiger partial charge in [-0.05, 0) is 51.5 Å². The van der Waals surface area contributed by atoms with E-state index in [1.807, 2.05) is 32.9 Å². The number of rotatable bonds is 2. The number of aryl methyl sites for hydroxylation is 2. The summed E-state index contributed by atoms with van der Waals surface area (Å²) in [6, 6.07) is 7.45. The molecule has 27 heavy (non-hydrogen) atoms. The van der Waals surface area contributed by atoms with Gasteiger partial charge in [0.05, 0.1) is 29.8 Å². The molecule has 140 valence electrons. The average Bonchev–Trinajstić information content (AvgIpc) is 2.80. The topological polar surface area (TPSA) is 39.9 Å². The molecule has 3 aromatic rings. The smallest absolute Gasteiger partial charge is 0.128 e. The van der Waals surface area contributed by atoms with Crippen LogP contribution in [0.5, 0.6) is 0 Å². The molecule has 1 atom stereocenters. The fraction of sp³-hybridized carbons (Fsp3) is 0.333. The number of benzene rings is 1. The van der Waals surface area contributed by atoms with Crippen LogP contribution < -0.4 is 0 Å². The normalized spacial score (nSPS) is 16.9. The molecule has 2 aromatic heterocycles. The van der Waals surface area contributed by atoms with E-state index in [2.05, 4.69) is 4.98 Å². The Hall–Kier alpha value is -2.60. The van der Waals surface area contributed by atoms with Gasteiger partial charge in [0.1, 0.15) is 11.6 Å². The number of hydrogen-bond acceptors (Lipinski definition) is 3. The lowest BCUT2D eigenvalue weighted by Gasteiger charge is -2.11. The minimum absolute atomic E-state index is 0.00821. The van der Waals surface area contributed by atoms with Crippen molar-refractivity contribution in [3.63, 3.8) is 0 Å². The number of nitrogens with zero attached hydrogens (tertiary/aromatic N) is 3. The molecule has 6 heteroatoms. The van der Waals surface area contributed by atoms with Crippen LogP contribution in [0.3, 0.4) is 0 Å². The molecule has 3 heterocycles. The lowest BCUT2D eigenvalue weighted by Crippen LogP contribution is -2.13. The van der Waals surface area contributed by atoms with Crippen molar-refractivity contribution >= 4 is 0 Å². The SMILES string of the molecule is Cc1cc(-c2nn(-c3cc(F)cc(F)c3)c3c2CCO[C@H](C)C3)cc(C)n1. The van der Waals surface area contributed by atoms with Gasteiger partial charge in [-0.3, -0.25) is 4.98 Å². The van der Waals surface area contributed by atoms with E-state index in [-0.39, 0.29) is 6.10 Å². The van der Waals surface area contributed by atoms with E-state index >= 15 is 0 Å². The first kappa shape index (κ1) is 17.8. The van der Waals surface area contributed by atoms with Crippen LogP contribution in [0.1, 0.15) is 29.6 Å². The monoisotopic (exact) mass is 369 g/mol. The second-order valence-electron chi connectivity index (χ2n) is 7.09. The summed E-state index contributed by atoms with van der Waals surface area (Å²) in [7, 11) is 0. The number of pyridine rings is 1. The van der Waals surface area contributed by atoms with Crippen LogP contribution in [0.25, 0.3) is 16.9 Å².